The van der Waals surface area contributed by atoms with Crippen LogP contribution in [0.1, 0.15) is 23.2 Å². The molecule has 33 heavy (non-hydrogen) atoms. The number of fused-ring (bicyclic) bond motifs is 1. The van der Waals surface area contributed by atoms with E-state index in [9.17, 15) is 9.59 Å². The SMILES string of the molecule is C=Nn1c(=NC)c(Nc2ccc(C(=O)N3CCC(C(=O)NO)CC3)cc2)nc2ccccc21. The molecule has 2 heterocycles. The van der Waals surface area contributed by atoms with E-state index in [0.717, 1.165) is 16.7 Å². The highest BCUT2D eigenvalue weighted by Crippen LogP contribution is 2.21. The Kier molecular flexibility index (Phi) is 6.45. The van der Waals surface area contributed by atoms with Gasteiger partial charge in [0.15, 0.2) is 11.3 Å². The third-order valence-corrected chi connectivity index (χ3v) is 5.77. The quantitative estimate of drug-likeness (QED) is 0.314. The van der Waals surface area contributed by atoms with E-state index >= 15 is 0 Å². The lowest BCUT2D eigenvalue weighted by Crippen LogP contribution is -2.42. The number of carbonyl (C=O) groups is 2. The molecule has 0 atom stereocenters. The van der Waals surface area contributed by atoms with Crippen LogP contribution in [-0.4, -0.2) is 58.4 Å². The summed E-state index contributed by atoms with van der Waals surface area (Å²) in [7, 11) is 1.66. The number of aromatic nitrogens is 2. The van der Waals surface area contributed by atoms with Crippen molar-refractivity contribution in [3.05, 3.63) is 59.6 Å². The summed E-state index contributed by atoms with van der Waals surface area (Å²) >= 11 is 0. The summed E-state index contributed by atoms with van der Waals surface area (Å²) < 4.78 is 1.63. The largest absolute Gasteiger partial charge is 0.339 e. The van der Waals surface area contributed by atoms with E-state index in [1.54, 1.807) is 46.4 Å². The van der Waals surface area contributed by atoms with Crippen LogP contribution in [0, 0.1) is 5.92 Å². The second kappa shape index (κ2) is 9.61. The van der Waals surface area contributed by atoms with Crippen molar-refractivity contribution in [1.29, 1.82) is 0 Å². The van der Waals surface area contributed by atoms with Gasteiger partial charge in [-0.05, 0) is 49.2 Å². The Morgan fingerprint density at radius 1 is 1.12 bits per heavy atom. The molecule has 170 valence electrons. The maximum absolute atomic E-state index is 12.9. The van der Waals surface area contributed by atoms with Gasteiger partial charge in [0.25, 0.3) is 5.91 Å². The number of piperidine rings is 1. The molecule has 3 N–H and O–H groups in total. The summed E-state index contributed by atoms with van der Waals surface area (Å²) in [5, 5.41) is 16.1. The van der Waals surface area contributed by atoms with E-state index in [-0.39, 0.29) is 11.8 Å². The summed E-state index contributed by atoms with van der Waals surface area (Å²) in [6.07, 6.45) is 1.04. The molecule has 3 aromatic rings. The molecule has 10 nitrogen and oxygen atoms in total. The van der Waals surface area contributed by atoms with Crippen molar-refractivity contribution < 1.29 is 14.8 Å². The standard InChI is InChI=1S/C23H25N7O3/c1-24-21-20(27-18-5-3-4-6-19(18)30(21)25-2)26-17-9-7-16(8-10-17)23(32)29-13-11-15(12-14-29)22(31)28-33/h3-10,15,33H,2,11-14H2,1H3,(H,26,27)(H,28,31). The molecule has 1 aliphatic rings. The molecule has 10 heteroatoms. The van der Waals surface area contributed by atoms with Gasteiger partial charge in [0.05, 0.1) is 11.0 Å². The average molecular weight is 447 g/mol. The molecular weight excluding hydrogens is 422 g/mol. The Labute approximate surface area is 190 Å². The van der Waals surface area contributed by atoms with Gasteiger partial charge in [-0.25, -0.2) is 15.1 Å². The lowest BCUT2D eigenvalue weighted by atomic mass is 9.96. The summed E-state index contributed by atoms with van der Waals surface area (Å²) in [6.45, 7) is 4.59. The Balaban J connectivity index is 1.52. The lowest BCUT2D eigenvalue weighted by Gasteiger charge is -2.31. The van der Waals surface area contributed by atoms with Crippen LogP contribution in [0.2, 0.25) is 0 Å². The van der Waals surface area contributed by atoms with Crippen molar-refractivity contribution in [3.63, 3.8) is 0 Å². The second-order valence-electron chi connectivity index (χ2n) is 7.69. The molecule has 4 rings (SSSR count). The Hall–Kier alpha value is -4.05. The zero-order chi connectivity index (χ0) is 23.4. The highest BCUT2D eigenvalue weighted by atomic mass is 16.5. The van der Waals surface area contributed by atoms with Gasteiger partial charge < -0.3 is 10.2 Å². The molecule has 1 aliphatic heterocycles. The number of hydrogen-bond donors (Lipinski definition) is 3. The minimum atomic E-state index is -0.397. The molecule has 0 saturated carbocycles. The van der Waals surface area contributed by atoms with Gasteiger partial charge in [0, 0.05) is 44.0 Å². The van der Waals surface area contributed by atoms with Crippen LogP contribution in [0.4, 0.5) is 11.5 Å². The van der Waals surface area contributed by atoms with Gasteiger partial charge in [-0.2, -0.15) is 5.10 Å². The number of likely N-dealkylation sites (tertiary alicyclic amines) is 1. The minimum Gasteiger partial charge on any atom is -0.339 e. The maximum atomic E-state index is 12.9. The highest BCUT2D eigenvalue weighted by Gasteiger charge is 2.27. The molecule has 1 fully saturated rings. The smallest absolute Gasteiger partial charge is 0.253 e. The van der Waals surface area contributed by atoms with Crippen LogP contribution in [0.5, 0.6) is 0 Å². The molecule has 2 amide bonds. The number of anilines is 2. The molecule has 1 aromatic heterocycles. The van der Waals surface area contributed by atoms with Crippen LogP contribution in [0.15, 0.2) is 58.6 Å². The van der Waals surface area contributed by atoms with E-state index in [2.05, 4.69) is 27.1 Å². The van der Waals surface area contributed by atoms with Gasteiger partial charge in [0.1, 0.15) is 0 Å². The van der Waals surface area contributed by atoms with Crippen LogP contribution in [0.3, 0.4) is 0 Å². The summed E-state index contributed by atoms with van der Waals surface area (Å²) in [6, 6.07) is 14.7. The summed E-state index contributed by atoms with van der Waals surface area (Å²) in [5.74, 6) is -0.241. The number of hydrogen-bond acceptors (Lipinski definition) is 7. The van der Waals surface area contributed by atoms with Crippen molar-refractivity contribution in [2.24, 2.45) is 16.0 Å². The molecule has 0 unspecified atom stereocenters. The van der Waals surface area contributed by atoms with E-state index in [1.807, 2.05) is 24.3 Å². The Morgan fingerprint density at radius 2 is 1.82 bits per heavy atom. The number of hydroxylamine groups is 1. The van der Waals surface area contributed by atoms with Crippen LogP contribution >= 0.6 is 0 Å². The Bertz CT molecular complexity index is 1260. The van der Waals surface area contributed by atoms with Crippen molar-refractivity contribution in [2.45, 2.75) is 12.8 Å². The van der Waals surface area contributed by atoms with Crippen molar-refractivity contribution >= 4 is 41.1 Å². The molecule has 1 saturated heterocycles. The first-order valence-corrected chi connectivity index (χ1v) is 10.6. The minimum absolute atomic E-state index is 0.0915. The predicted octanol–water partition coefficient (Wildman–Crippen LogP) is 2.13. The predicted molar refractivity (Wildman–Crippen MR) is 124 cm³/mol. The summed E-state index contributed by atoms with van der Waals surface area (Å²) in [5.41, 5.74) is 5.05. The van der Waals surface area contributed by atoms with Crippen LogP contribution in [0.25, 0.3) is 11.0 Å². The van der Waals surface area contributed by atoms with E-state index in [0.29, 0.717) is 42.8 Å². The van der Waals surface area contributed by atoms with Gasteiger partial charge in [-0.3, -0.25) is 19.8 Å². The number of rotatable bonds is 5. The fraction of sp³-hybridized carbons (Fsp3) is 0.261. The van der Waals surface area contributed by atoms with Crippen molar-refractivity contribution in [2.75, 3.05) is 25.5 Å². The monoisotopic (exact) mass is 447 g/mol. The van der Waals surface area contributed by atoms with Crippen molar-refractivity contribution in [3.8, 4) is 0 Å². The van der Waals surface area contributed by atoms with E-state index in [4.69, 9.17) is 5.21 Å². The third kappa shape index (κ3) is 4.46. The number of amides is 2. The fourth-order valence-corrected chi connectivity index (χ4v) is 4.00. The van der Waals surface area contributed by atoms with Gasteiger partial charge in [-0.15, -0.1) is 0 Å². The van der Waals surface area contributed by atoms with Gasteiger partial charge in [0.2, 0.25) is 5.91 Å². The Morgan fingerprint density at radius 3 is 2.45 bits per heavy atom. The first-order valence-electron chi connectivity index (χ1n) is 10.6. The first-order chi connectivity index (χ1) is 16.0. The van der Waals surface area contributed by atoms with Gasteiger partial charge in [-0.1, -0.05) is 12.1 Å². The third-order valence-electron chi connectivity index (χ3n) is 5.77. The normalized spacial score (nSPS) is 14.8. The number of nitrogens with zero attached hydrogens (tertiary/aromatic N) is 5. The zero-order valence-electron chi connectivity index (χ0n) is 18.2. The van der Waals surface area contributed by atoms with Gasteiger partial charge >= 0.3 is 0 Å². The molecule has 0 aliphatic carbocycles. The topological polar surface area (TPSA) is 124 Å². The first kappa shape index (κ1) is 22.2. The maximum Gasteiger partial charge on any atom is 0.253 e. The number of para-hydroxylation sites is 2. The number of carbonyl (C=O) groups excluding carboxylic acids is 2. The van der Waals surface area contributed by atoms with Crippen LogP contribution in [-0.2, 0) is 4.79 Å². The fourth-order valence-electron chi connectivity index (χ4n) is 4.00. The second-order valence-corrected chi connectivity index (χ2v) is 7.69. The molecule has 2 aromatic carbocycles. The van der Waals surface area contributed by atoms with E-state index < -0.39 is 5.91 Å². The zero-order valence-corrected chi connectivity index (χ0v) is 18.2. The molecule has 0 bridgehead atoms. The molecular formula is C23H25N7O3. The number of nitrogens with one attached hydrogen (secondary N) is 2. The average Bonchev–Trinajstić information content (AvgIpc) is 2.87. The van der Waals surface area contributed by atoms with E-state index in [1.165, 1.54) is 0 Å². The highest BCUT2D eigenvalue weighted by molar-refractivity contribution is 5.95. The molecule has 0 radical (unpaired) electrons. The molecule has 0 spiro atoms. The van der Waals surface area contributed by atoms with Crippen molar-refractivity contribution in [1.82, 2.24) is 20.0 Å². The van der Waals surface area contributed by atoms with Crippen LogP contribution < -0.4 is 16.3 Å². The number of benzene rings is 2. The lowest BCUT2D eigenvalue weighted by molar-refractivity contribution is -0.134. The summed E-state index contributed by atoms with van der Waals surface area (Å²) in [4.78, 5) is 35.1.